The van der Waals surface area contributed by atoms with Crippen molar-refractivity contribution in [2.75, 3.05) is 10.6 Å². The van der Waals surface area contributed by atoms with Crippen LogP contribution < -0.4 is 10.6 Å². The second-order valence-electron chi connectivity index (χ2n) is 4.07. The largest absolute Gasteiger partial charge is 0.369 e. The Hall–Kier alpha value is -1.52. The van der Waals surface area contributed by atoms with Crippen LogP contribution in [0.5, 0.6) is 0 Å². The first kappa shape index (κ1) is 10.6. The summed E-state index contributed by atoms with van der Waals surface area (Å²) in [5.41, 5.74) is 2.87. The Kier molecular flexibility index (Phi) is 2.53. The van der Waals surface area contributed by atoms with Gasteiger partial charge in [-0.05, 0) is 24.6 Å². The zero-order valence-corrected chi connectivity index (χ0v) is 10.3. The molecule has 3 N–H and O–H groups in total. The van der Waals surface area contributed by atoms with Crippen molar-refractivity contribution in [3.63, 3.8) is 0 Å². The maximum Gasteiger partial charge on any atom is 0.153 e. The van der Waals surface area contributed by atoms with Crippen LogP contribution in [-0.2, 0) is 6.42 Å². The number of fused-ring (bicyclic) bond motifs is 2. The van der Waals surface area contributed by atoms with Gasteiger partial charge in [-0.1, -0.05) is 19.1 Å². The smallest absolute Gasteiger partial charge is 0.153 e. The van der Waals surface area contributed by atoms with E-state index < -0.39 is 6.23 Å². The van der Waals surface area contributed by atoms with Gasteiger partial charge in [-0.2, -0.15) is 0 Å². The molecule has 17 heavy (non-hydrogen) atoms. The van der Waals surface area contributed by atoms with Gasteiger partial charge in [0.15, 0.2) is 6.23 Å². The third-order valence-electron chi connectivity index (χ3n) is 2.92. The summed E-state index contributed by atoms with van der Waals surface area (Å²) in [5, 5.41) is 17.7. The number of aryl methyl sites for hydroxylation is 1. The molecule has 0 saturated carbocycles. The molecule has 3 rings (SSSR count). The SMILES string of the molecule is CCc1cc2c(s1)Nc1ccccc1NC2O. The van der Waals surface area contributed by atoms with Crippen LogP contribution in [-0.4, -0.2) is 5.11 Å². The second-order valence-corrected chi connectivity index (χ2v) is 5.20. The van der Waals surface area contributed by atoms with E-state index in [1.807, 2.05) is 24.3 Å². The van der Waals surface area contributed by atoms with Crippen molar-refractivity contribution in [3.8, 4) is 0 Å². The molecule has 1 aromatic carbocycles. The molecule has 2 heterocycles. The van der Waals surface area contributed by atoms with Crippen LogP contribution in [0.15, 0.2) is 30.3 Å². The highest BCUT2D eigenvalue weighted by molar-refractivity contribution is 7.16. The summed E-state index contributed by atoms with van der Waals surface area (Å²) in [6.45, 7) is 2.12. The third-order valence-corrected chi connectivity index (χ3v) is 4.13. The maximum atomic E-state index is 10.2. The fraction of sp³-hybridized carbons (Fsp3) is 0.231. The number of hydrogen-bond acceptors (Lipinski definition) is 4. The average molecular weight is 246 g/mol. The maximum absolute atomic E-state index is 10.2. The molecule has 1 aliphatic heterocycles. The number of thiophene rings is 1. The van der Waals surface area contributed by atoms with Gasteiger partial charge >= 0.3 is 0 Å². The van der Waals surface area contributed by atoms with Crippen molar-refractivity contribution >= 4 is 27.7 Å². The quantitative estimate of drug-likeness (QED) is 0.722. The molecule has 0 bridgehead atoms. The number of para-hydroxylation sites is 2. The topological polar surface area (TPSA) is 44.3 Å². The minimum absolute atomic E-state index is 0.641. The van der Waals surface area contributed by atoms with E-state index in [1.165, 1.54) is 4.88 Å². The van der Waals surface area contributed by atoms with E-state index in [0.29, 0.717) is 0 Å². The van der Waals surface area contributed by atoms with E-state index in [-0.39, 0.29) is 0 Å². The van der Waals surface area contributed by atoms with Crippen LogP contribution >= 0.6 is 11.3 Å². The lowest BCUT2D eigenvalue weighted by Crippen LogP contribution is -2.07. The van der Waals surface area contributed by atoms with Crippen LogP contribution in [0, 0.1) is 0 Å². The molecule has 2 aromatic rings. The Morgan fingerprint density at radius 3 is 2.82 bits per heavy atom. The van der Waals surface area contributed by atoms with E-state index in [9.17, 15) is 5.11 Å². The number of aliphatic hydroxyl groups is 1. The summed E-state index contributed by atoms with van der Waals surface area (Å²) in [4.78, 5) is 1.28. The highest BCUT2D eigenvalue weighted by atomic mass is 32.1. The molecule has 0 saturated heterocycles. The van der Waals surface area contributed by atoms with Gasteiger partial charge in [-0.3, -0.25) is 0 Å². The Bertz CT molecular complexity index is 550. The number of benzene rings is 1. The molecule has 1 atom stereocenters. The molecular formula is C13H14N2OS. The van der Waals surface area contributed by atoms with E-state index in [2.05, 4.69) is 23.6 Å². The molecule has 0 fully saturated rings. The minimum atomic E-state index is -0.641. The predicted octanol–water partition coefficient (Wildman–Crippen LogP) is 3.47. The molecular weight excluding hydrogens is 232 g/mol. The summed E-state index contributed by atoms with van der Waals surface area (Å²) >= 11 is 1.70. The van der Waals surface area contributed by atoms with Crippen molar-refractivity contribution in [2.24, 2.45) is 0 Å². The number of nitrogens with one attached hydrogen (secondary N) is 2. The van der Waals surface area contributed by atoms with Crippen molar-refractivity contribution in [2.45, 2.75) is 19.6 Å². The highest BCUT2D eigenvalue weighted by Crippen LogP contribution is 2.40. The molecule has 0 aliphatic carbocycles. The van der Waals surface area contributed by atoms with E-state index >= 15 is 0 Å². The zero-order valence-electron chi connectivity index (χ0n) is 9.53. The number of hydrogen-bond donors (Lipinski definition) is 3. The third kappa shape index (κ3) is 1.79. The van der Waals surface area contributed by atoms with Gasteiger partial charge in [0.25, 0.3) is 0 Å². The summed E-state index contributed by atoms with van der Waals surface area (Å²) in [7, 11) is 0. The molecule has 1 unspecified atom stereocenters. The summed E-state index contributed by atoms with van der Waals surface area (Å²) < 4.78 is 0. The summed E-state index contributed by atoms with van der Waals surface area (Å²) in [5.74, 6) is 0. The van der Waals surface area contributed by atoms with Crippen LogP contribution in [0.3, 0.4) is 0 Å². The number of rotatable bonds is 1. The Morgan fingerprint density at radius 2 is 2.06 bits per heavy atom. The molecule has 1 aliphatic rings. The van der Waals surface area contributed by atoms with Gasteiger partial charge in [-0.25, -0.2) is 0 Å². The van der Waals surface area contributed by atoms with E-state index in [4.69, 9.17) is 0 Å². The van der Waals surface area contributed by atoms with Crippen LogP contribution in [0.2, 0.25) is 0 Å². The molecule has 1 aromatic heterocycles. The van der Waals surface area contributed by atoms with Crippen LogP contribution in [0.4, 0.5) is 16.4 Å². The Balaban J connectivity index is 2.09. The fourth-order valence-electron chi connectivity index (χ4n) is 2.00. The van der Waals surface area contributed by atoms with Crippen molar-refractivity contribution in [1.29, 1.82) is 0 Å². The Morgan fingerprint density at radius 1 is 1.29 bits per heavy atom. The average Bonchev–Trinajstić information content (AvgIpc) is 2.69. The minimum Gasteiger partial charge on any atom is -0.369 e. The monoisotopic (exact) mass is 246 g/mol. The molecule has 3 nitrogen and oxygen atoms in total. The zero-order chi connectivity index (χ0) is 11.8. The first-order valence-electron chi connectivity index (χ1n) is 5.71. The van der Waals surface area contributed by atoms with Gasteiger partial charge in [-0.15, -0.1) is 11.3 Å². The Labute approximate surface area is 104 Å². The normalized spacial score (nSPS) is 17.4. The van der Waals surface area contributed by atoms with Gasteiger partial charge in [0.1, 0.15) is 5.00 Å². The first-order valence-corrected chi connectivity index (χ1v) is 6.53. The van der Waals surface area contributed by atoms with E-state index in [0.717, 1.165) is 28.4 Å². The standard InChI is InChI=1S/C13H14N2OS/c1-2-8-7-9-12(16)14-10-5-3-4-6-11(10)15-13(9)17-8/h3-7,12,14-16H,2H2,1H3. The van der Waals surface area contributed by atoms with E-state index in [1.54, 1.807) is 11.3 Å². The highest BCUT2D eigenvalue weighted by Gasteiger charge is 2.21. The van der Waals surface area contributed by atoms with Gasteiger partial charge in [0.2, 0.25) is 0 Å². The molecule has 0 radical (unpaired) electrons. The summed E-state index contributed by atoms with van der Waals surface area (Å²) in [6, 6.07) is 9.98. The van der Waals surface area contributed by atoms with Gasteiger partial charge in [0.05, 0.1) is 11.4 Å². The lowest BCUT2D eigenvalue weighted by atomic mass is 10.2. The van der Waals surface area contributed by atoms with Crippen molar-refractivity contribution in [3.05, 3.63) is 40.8 Å². The lowest BCUT2D eigenvalue weighted by molar-refractivity contribution is 0.210. The van der Waals surface area contributed by atoms with Crippen molar-refractivity contribution in [1.82, 2.24) is 0 Å². The molecule has 0 spiro atoms. The fourth-order valence-corrected chi connectivity index (χ4v) is 3.04. The number of aliphatic hydroxyl groups excluding tert-OH is 1. The van der Waals surface area contributed by atoms with Crippen LogP contribution in [0.1, 0.15) is 23.6 Å². The second kappa shape index (κ2) is 4.05. The number of anilines is 3. The summed E-state index contributed by atoms with van der Waals surface area (Å²) in [6.07, 6.45) is 0.353. The molecule has 88 valence electrons. The molecule has 0 amide bonds. The van der Waals surface area contributed by atoms with Gasteiger partial charge in [0, 0.05) is 10.4 Å². The van der Waals surface area contributed by atoms with Crippen molar-refractivity contribution < 1.29 is 5.11 Å². The molecule has 4 heteroatoms. The van der Waals surface area contributed by atoms with Crippen LogP contribution in [0.25, 0.3) is 0 Å². The van der Waals surface area contributed by atoms with Gasteiger partial charge < -0.3 is 15.7 Å². The lowest BCUT2D eigenvalue weighted by Gasteiger charge is -2.11. The predicted molar refractivity (Wildman–Crippen MR) is 72.0 cm³/mol. The first-order chi connectivity index (χ1) is 8.28.